The van der Waals surface area contributed by atoms with Crippen LogP contribution in [-0.2, 0) is 9.59 Å². The Kier molecular flexibility index (Phi) is 10.8. The van der Waals surface area contributed by atoms with E-state index in [9.17, 15) is 14.4 Å². The van der Waals surface area contributed by atoms with Gasteiger partial charge in [0.15, 0.2) is 0 Å². The first-order chi connectivity index (χ1) is 20.2. The van der Waals surface area contributed by atoms with Gasteiger partial charge in [-0.3, -0.25) is 14.4 Å². The van der Waals surface area contributed by atoms with Gasteiger partial charge < -0.3 is 16.0 Å². The highest BCUT2D eigenvalue weighted by Crippen LogP contribution is 2.27. The van der Waals surface area contributed by atoms with Gasteiger partial charge in [0.1, 0.15) is 5.70 Å². The second-order valence-electron chi connectivity index (χ2n) is 9.61. The van der Waals surface area contributed by atoms with E-state index in [1.54, 1.807) is 60.7 Å². The Hall–Kier alpha value is -4.04. The van der Waals surface area contributed by atoms with Crippen molar-refractivity contribution in [2.75, 3.05) is 16.4 Å². The third kappa shape index (κ3) is 8.73. The molecule has 0 aliphatic rings. The molecule has 9 heteroatoms. The van der Waals surface area contributed by atoms with E-state index in [-0.39, 0.29) is 22.4 Å². The third-order valence-corrected chi connectivity index (χ3v) is 8.00. The Morgan fingerprint density at radius 3 is 2.10 bits per heavy atom. The minimum atomic E-state index is -0.543. The van der Waals surface area contributed by atoms with E-state index in [4.69, 9.17) is 23.2 Å². The molecule has 0 spiro atoms. The number of amides is 3. The minimum Gasteiger partial charge on any atom is -0.325 e. The molecule has 0 radical (unpaired) electrons. The van der Waals surface area contributed by atoms with Crippen molar-refractivity contribution in [1.29, 1.82) is 0 Å². The van der Waals surface area contributed by atoms with Crippen LogP contribution in [-0.4, -0.2) is 23.5 Å². The first kappa shape index (κ1) is 30.9. The molecule has 0 aliphatic carbocycles. The highest BCUT2D eigenvalue weighted by Gasteiger charge is 2.16. The van der Waals surface area contributed by atoms with Crippen LogP contribution in [0.3, 0.4) is 0 Å². The van der Waals surface area contributed by atoms with Crippen molar-refractivity contribution < 1.29 is 14.4 Å². The van der Waals surface area contributed by atoms with Crippen LogP contribution in [0, 0.1) is 0 Å². The van der Waals surface area contributed by atoms with Gasteiger partial charge in [-0.25, -0.2) is 0 Å². The van der Waals surface area contributed by atoms with Crippen molar-refractivity contribution in [2.24, 2.45) is 0 Å². The van der Waals surface area contributed by atoms with Crippen LogP contribution in [0.25, 0.3) is 6.08 Å². The molecule has 3 amide bonds. The largest absolute Gasteiger partial charge is 0.325 e. The van der Waals surface area contributed by atoms with Gasteiger partial charge in [-0.2, -0.15) is 0 Å². The molecule has 4 aromatic rings. The summed E-state index contributed by atoms with van der Waals surface area (Å²) in [5.41, 5.74) is 3.34. The number of hydrogen-bond acceptors (Lipinski definition) is 4. The Bertz CT molecular complexity index is 1590. The second kappa shape index (κ2) is 14.7. The molecule has 0 fully saturated rings. The van der Waals surface area contributed by atoms with Gasteiger partial charge in [-0.15, -0.1) is 11.8 Å². The van der Waals surface area contributed by atoms with Crippen LogP contribution in [0.1, 0.15) is 41.3 Å². The van der Waals surface area contributed by atoms with Gasteiger partial charge in [0, 0.05) is 21.8 Å². The lowest BCUT2D eigenvalue weighted by Gasteiger charge is -2.12. The topological polar surface area (TPSA) is 87.3 Å². The molecule has 4 aromatic carbocycles. The highest BCUT2D eigenvalue weighted by molar-refractivity contribution is 8.00. The third-order valence-electron chi connectivity index (χ3n) is 6.15. The van der Waals surface area contributed by atoms with E-state index >= 15 is 0 Å². The summed E-state index contributed by atoms with van der Waals surface area (Å²) in [6, 6.07) is 28.5. The Labute approximate surface area is 259 Å². The van der Waals surface area contributed by atoms with Crippen molar-refractivity contribution in [1.82, 2.24) is 5.32 Å². The standard InChI is InChI=1S/C33H29Cl2N3O3S/c1-21(2)22-11-13-25(14-12-22)36-30(39)20-42-27-17-15-26(16-18-27)37-33(41)29(19-24-9-6-10-28(34)31(24)35)38-32(40)23-7-4-3-5-8-23/h3-19,21H,20H2,1-2H3,(H,36,39)(H,37,41)(H,38,40)/b29-19-. The number of thioether (sulfide) groups is 1. The fourth-order valence-electron chi connectivity index (χ4n) is 3.86. The molecule has 4 rings (SSSR count). The fraction of sp³-hybridized carbons (Fsp3) is 0.121. The number of halogens is 2. The van der Waals surface area contributed by atoms with Gasteiger partial charge in [0.2, 0.25) is 5.91 Å². The number of carbonyl (C=O) groups excluding carboxylic acids is 3. The van der Waals surface area contributed by atoms with E-state index in [1.165, 1.54) is 23.4 Å². The van der Waals surface area contributed by atoms with Crippen molar-refractivity contribution in [2.45, 2.75) is 24.7 Å². The molecular formula is C33H29Cl2N3O3S. The summed E-state index contributed by atoms with van der Waals surface area (Å²) in [5, 5.41) is 8.98. The number of carbonyl (C=O) groups is 3. The van der Waals surface area contributed by atoms with Crippen LogP contribution >= 0.6 is 35.0 Å². The molecule has 0 aliphatic heterocycles. The summed E-state index contributed by atoms with van der Waals surface area (Å²) in [6.45, 7) is 4.25. The monoisotopic (exact) mass is 617 g/mol. The second-order valence-corrected chi connectivity index (χ2v) is 11.4. The maximum Gasteiger partial charge on any atom is 0.272 e. The molecule has 214 valence electrons. The lowest BCUT2D eigenvalue weighted by molar-refractivity contribution is -0.114. The van der Waals surface area contributed by atoms with E-state index in [0.29, 0.717) is 27.8 Å². The quantitative estimate of drug-likeness (QED) is 0.123. The van der Waals surface area contributed by atoms with Crippen LogP contribution in [0.2, 0.25) is 10.0 Å². The smallest absolute Gasteiger partial charge is 0.272 e. The summed E-state index contributed by atoms with van der Waals surface area (Å²) >= 11 is 13.9. The summed E-state index contributed by atoms with van der Waals surface area (Å²) in [6.07, 6.45) is 1.48. The molecule has 0 bridgehead atoms. The lowest BCUT2D eigenvalue weighted by Crippen LogP contribution is -2.30. The highest BCUT2D eigenvalue weighted by atomic mass is 35.5. The van der Waals surface area contributed by atoms with Gasteiger partial charge in [0.05, 0.1) is 15.8 Å². The van der Waals surface area contributed by atoms with E-state index in [2.05, 4.69) is 29.8 Å². The van der Waals surface area contributed by atoms with Crippen LogP contribution in [0.5, 0.6) is 0 Å². The number of benzene rings is 4. The molecule has 3 N–H and O–H groups in total. The van der Waals surface area contributed by atoms with Crippen LogP contribution in [0.15, 0.2) is 108 Å². The molecule has 0 heterocycles. The van der Waals surface area contributed by atoms with Gasteiger partial charge in [0.25, 0.3) is 11.8 Å². The Balaban J connectivity index is 1.40. The normalized spacial score (nSPS) is 11.2. The van der Waals surface area contributed by atoms with Gasteiger partial charge in [-0.05, 0) is 77.7 Å². The van der Waals surface area contributed by atoms with Gasteiger partial charge >= 0.3 is 0 Å². The summed E-state index contributed by atoms with van der Waals surface area (Å²) in [7, 11) is 0. The first-order valence-corrected chi connectivity index (χ1v) is 14.9. The van der Waals surface area contributed by atoms with E-state index in [0.717, 1.165) is 10.6 Å². The summed E-state index contributed by atoms with van der Waals surface area (Å²) in [5.74, 6) is -0.445. The molecule has 0 unspecified atom stereocenters. The van der Waals surface area contributed by atoms with Gasteiger partial charge in [-0.1, -0.05) is 79.5 Å². The number of rotatable bonds is 10. The predicted octanol–water partition coefficient (Wildman–Crippen LogP) is 8.26. The van der Waals surface area contributed by atoms with Crippen LogP contribution < -0.4 is 16.0 Å². The number of hydrogen-bond donors (Lipinski definition) is 3. The molecule has 0 saturated heterocycles. The number of nitrogens with one attached hydrogen (secondary N) is 3. The first-order valence-electron chi connectivity index (χ1n) is 13.2. The zero-order chi connectivity index (χ0) is 30.1. The summed E-state index contributed by atoms with van der Waals surface area (Å²) < 4.78 is 0. The fourth-order valence-corrected chi connectivity index (χ4v) is 4.92. The van der Waals surface area contributed by atoms with E-state index in [1.807, 2.05) is 36.4 Å². The van der Waals surface area contributed by atoms with Crippen molar-refractivity contribution >= 4 is 70.1 Å². The van der Waals surface area contributed by atoms with Crippen molar-refractivity contribution in [3.8, 4) is 0 Å². The average Bonchev–Trinajstić information content (AvgIpc) is 2.99. The minimum absolute atomic E-state index is 0.00966. The maximum absolute atomic E-state index is 13.3. The molecule has 0 saturated carbocycles. The SMILES string of the molecule is CC(C)c1ccc(NC(=O)CSc2ccc(NC(=O)/C(=C/c3cccc(Cl)c3Cl)NC(=O)c3ccccc3)cc2)cc1. The molecule has 0 aromatic heterocycles. The Morgan fingerprint density at radius 1 is 0.786 bits per heavy atom. The summed E-state index contributed by atoms with van der Waals surface area (Å²) in [4.78, 5) is 39.4. The Morgan fingerprint density at radius 2 is 1.43 bits per heavy atom. The van der Waals surface area contributed by atoms with Crippen molar-refractivity contribution in [3.63, 3.8) is 0 Å². The molecular weight excluding hydrogens is 589 g/mol. The molecule has 42 heavy (non-hydrogen) atoms. The van der Waals surface area contributed by atoms with Crippen LogP contribution in [0.4, 0.5) is 11.4 Å². The van der Waals surface area contributed by atoms with Crippen molar-refractivity contribution in [3.05, 3.63) is 129 Å². The number of anilines is 2. The predicted molar refractivity (Wildman–Crippen MR) is 173 cm³/mol. The molecule has 0 atom stereocenters. The zero-order valence-electron chi connectivity index (χ0n) is 23.0. The maximum atomic E-state index is 13.3. The van der Waals surface area contributed by atoms with E-state index < -0.39 is 11.8 Å². The average molecular weight is 619 g/mol. The lowest BCUT2D eigenvalue weighted by atomic mass is 10.0. The molecule has 6 nitrogen and oxygen atoms in total. The zero-order valence-corrected chi connectivity index (χ0v) is 25.3.